The molecule has 1 aromatic heterocycles. The smallest absolute Gasteiger partial charge is 0.194 e. The molecular formula is C19H25N7O2. The number of ether oxygens (including phenoxy) is 1. The molecule has 0 spiro atoms. The maximum absolute atomic E-state index is 13.1. The topological polar surface area (TPSA) is 97.9 Å². The highest BCUT2D eigenvalue weighted by molar-refractivity contribution is 6.16. The van der Waals surface area contributed by atoms with Gasteiger partial charge in [0.05, 0.1) is 13.2 Å². The fourth-order valence-electron chi connectivity index (χ4n) is 4.51. The predicted molar refractivity (Wildman–Crippen MR) is 105 cm³/mol. The van der Waals surface area contributed by atoms with Crippen LogP contribution in [0.5, 0.6) is 0 Å². The largest absolute Gasteiger partial charge is 0.379 e. The van der Waals surface area contributed by atoms with Gasteiger partial charge < -0.3 is 10.1 Å². The SMILES string of the molecule is CC(=O)[C@@]1(N2CCOCC2C)C=C2CNCCC3=C2C(=N1)N(c1cc[nH]n1)N3. The van der Waals surface area contributed by atoms with Crippen LogP contribution in [0.25, 0.3) is 0 Å². The highest BCUT2D eigenvalue weighted by Gasteiger charge is 2.49. The standard InChI is InChI=1S/C19H25N7O2/c1-12-11-28-8-7-25(12)19(13(2)27)9-14-10-20-5-3-15-17(14)18(22-19)26(24-15)16-4-6-21-23-16/h4,6,9,12,20,24H,3,5,7-8,10-11H2,1-2H3,(H,21,23)/t12?,19-/m0/s1. The minimum Gasteiger partial charge on any atom is -0.379 e. The number of carbonyl (C=O) groups excluding carboxylic acids is 1. The second-order valence-electron chi connectivity index (χ2n) is 7.66. The Kier molecular flexibility index (Phi) is 4.11. The molecule has 0 amide bonds. The normalized spacial score (nSPS) is 30.4. The molecule has 1 aromatic rings. The van der Waals surface area contributed by atoms with Crippen molar-refractivity contribution in [3.05, 3.63) is 35.2 Å². The number of nitrogens with one attached hydrogen (secondary N) is 3. The first-order valence-corrected chi connectivity index (χ1v) is 9.78. The molecule has 4 aliphatic rings. The molecule has 0 aromatic carbocycles. The van der Waals surface area contributed by atoms with Gasteiger partial charge in [0, 0.05) is 55.6 Å². The summed E-state index contributed by atoms with van der Waals surface area (Å²) in [4.78, 5) is 20.3. The summed E-state index contributed by atoms with van der Waals surface area (Å²) < 4.78 is 5.61. The molecule has 9 nitrogen and oxygen atoms in total. The van der Waals surface area contributed by atoms with Crippen molar-refractivity contribution in [3.8, 4) is 0 Å². The summed E-state index contributed by atoms with van der Waals surface area (Å²) in [5.41, 5.74) is 5.74. The van der Waals surface area contributed by atoms with Crippen LogP contribution in [0.15, 0.2) is 40.2 Å². The van der Waals surface area contributed by atoms with Crippen molar-refractivity contribution in [2.75, 3.05) is 37.9 Å². The number of morpholine rings is 1. The van der Waals surface area contributed by atoms with E-state index in [4.69, 9.17) is 9.73 Å². The zero-order chi connectivity index (χ0) is 19.3. The zero-order valence-corrected chi connectivity index (χ0v) is 16.2. The Labute approximate surface area is 163 Å². The Bertz CT molecular complexity index is 888. The molecule has 2 atom stereocenters. The quantitative estimate of drug-likeness (QED) is 0.692. The summed E-state index contributed by atoms with van der Waals surface area (Å²) in [5, 5.41) is 12.5. The van der Waals surface area contributed by atoms with E-state index in [1.54, 1.807) is 13.1 Å². The number of nitrogens with zero attached hydrogens (tertiary/aromatic N) is 4. The number of Topliss-reactive ketones (excluding diaryl/α,β-unsaturated/α-hetero) is 1. The molecule has 0 bridgehead atoms. The first-order valence-electron chi connectivity index (χ1n) is 9.78. The van der Waals surface area contributed by atoms with Gasteiger partial charge in [-0.2, -0.15) is 5.10 Å². The Morgan fingerprint density at radius 1 is 1.43 bits per heavy atom. The van der Waals surface area contributed by atoms with E-state index in [-0.39, 0.29) is 11.8 Å². The molecule has 148 valence electrons. The summed E-state index contributed by atoms with van der Waals surface area (Å²) in [5.74, 6) is 1.51. The first-order chi connectivity index (χ1) is 13.6. The molecule has 4 aliphatic heterocycles. The van der Waals surface area contributed by atoms with Crippen LogP contribution in [0.1, 0.15) is 20.3 Å². The van der Waals surface area contributed by atoms with Gasteiger partial charge in [-0.1, -0.05) is 0 Å². The number of carbonyl (C=O) groups is 1. The van der Waals surface area contributed by atoms with E-state index in [1.165, 1.54) is 0 Å². The van der Waals surface area contributed by atoms with Crippen LogP contribution in [0, 0.1) is 0 Å². The Morgan fingerprint density at radius 3 is 3.07 bits per heavy atom. The number of hydrazine groups is 1. The predicted octanol–water partition coefficient (Wildman–Crippen LogP) is 0.326. The van der Waals surface area contributed by atoms with Crippen molar-refractivity contribution in [1.82, 2.24) is 25.8 Å². The molecule has 0 aliphatic carbocycles. The summed E-state index contributed by atoms with van der Waals surface area (Å²) in [6, 6.07) is 1.99. The van der Waals surface area contributed by atoms with Gasteiger partial charge in [0.15, 0.2) is 23.1 Å². The molecule has 5 heterocycles. The van der Waals surface area contributed by atoms with Gasteiger partial charge in [-0.15, -0.1) is 0 Å². The van der Waals surface area contributed by atoms with Gasteiger partial charge in [0.2, 0.25) is 0 Å². The monoisotopic (exact) mass is 383 g/mol. The molecule has 1 fully saturated rings. The van der Waals surface area contributed by atoms with E-state index in [1.807, 2.05) is 11.1 Å². The Balaban J connectivity index is 1.68. The van der Waals surface area contributed by atoms with Crippen molar-refractivity contribution in [1.29, 1.82) is 0 Å². The number of hydrogen-bond acceptors (Lipinski definition) is 8. The van der Waals surface area contributed by atoms with Crippen LogP contribution in [0.4, 0.5) is 5.82 Å². The highest BCUT2D eigenvalue weighted by atomic mass is 16.5. The molecule has 5 rings (SSSR count). The van der Waals surface area contributed by atoms with E-state index in [9.17, 15) is 4.79 Å². The van der Waals surface area contributed by atoms with Gasteiger partial charge in [-0.3, -0.25) is 20.2 Å². The zero-order valence-electron chi connectivity index (χ0n) is 16.2. The number of dihydropyridines is 1. The lowest BCUT2D eigenvalue weighted by Crippen LogP contribution is -2.61. The minimum absolute atomic E-state index is 0.0139. The van der Waals surface area contributed by atoms with Crippen molar-refractivity contribution in [2.24, 2.45) is 4.99 Å². The maximum Gasteiger partial charge on any atom is 0.194 e. The van der Waals surface area contributed by atoms with Crippen LogP contribution >= 0.6 is 0 Å². The molecular weight excluding hydrogens is 358 g/mol. The van der Waals surface area contributed by atoms with E-state index in [2.05, 4.69) is 38.8 Å². The molecule has 28 heavy (non-hydrogen) atoms. The lowest BCUT2D eigenvalue weighted by Gasteiger charge is -2.45. The number of aromatic nitrogens is 2. The molecule has 0 saturated carbocycles. The van der Waals surface area contributed by atoms with Gasteiger partial charge >= 0.3 is 0 Å². The summed E-state index contributed by atoms with van der Waals surface area (Å²) in [7, 11) is 0. The number of anilines is 1. The first kappa shape index (κ1) is 17.6. The third kappa shape index (κ3) is 2.54. The Hall–Kier alpha value is -2.49. The average molecular weight is 383 g/mol. The van der Waals surface area contributed by atoms with Gasteiger partial charge in [0.25, 0.3) is 0 Å². The molecule has 1 unspecified atom stereocenters. The molecule has 9 heteroatoms. The van der Waals surface area contributed by atoms with E-state index in [0.717, 1.165) is 41.5 Å². The van der Waals surface area contributed by atoms with E-state index >= 15 is 0 Å². The third-order valence-corrected chi connectivity index (χ3v) is 5.86. The molecule has 0 radical (unpaired) electrons. The van der Waals surface area contributed by atoms with Crippen LogP contribution in [-0.2, 0) is 9.53 Å². The van der Waals surface area contributed by atoms with Crippen LogP contribution in [-0.4, -0.2) is 71.3 Å². The van der Waals surface area contributed by atoms with Crippen LogP contribution in [0.2, 0.25) is 0 Å². The van der Waals surface area contributed by atoms with E-state index in [0.29, 0.717) is 26.3 Å². The number of aliphatic imine (C=N–C) groups is 1. The maximum atomic E-state index is 13.1. The van der Waals surface area contributed by atoms with Gasteiger partial charge in [0.1, 0.15) is 0 Å². The number of hydrogen-bond donors (Lipinski definition) is 3. The molecule has 1 saturated heterocycles. The van der Waals surface area contributed by atoms with Crippen molar-refractivity contribution in [2.45, 2.75) is 32.0 Å². The highest BCUT2D eigenvalue weighted by Crippen LogP contribution is 2.38. The number of amidine groups is 1. The number of H-pyrrole nitrogens is 1. The second-order valence-corrected chi connectivity index (χ2v) is 7.66. The lowest BCUT2D eigenvalue weighted by atomic mass is 9.90. The summed E-state index contributed by atoms with van der Waals surface area (Å²) in [6.45, 7) is 7.15. The molecule has 3 N–H and O–H groups in total. The summed E-state index contributed by atoms with van der Waals surface area (Å²) in [6.07, 6.45) is 4.71. The van der Waals surface area contributed by atoms with Gasteiger partial charge in [-0.05, 0) is 25.5 Å². The number of aromatic amines is 1. The minimum atomic E-state index is -1.03. The van der Waals surface area contributed by atoms with Crippen molar-refractivity contribution in [3.63, 3.8) is 0 Å². The van der Waals surface area contributed by atoms with Crippen molar-refractivity contribution >= 4 is 17.4 Å². The second kappa shape index (κ2) is 6.54. The summed E-state index contributed by atoms with van der Waals surface area (Å²) >= 11 is 0. The third-order valence-electron chi connectivity index (χ3n) is 5.86. The Morgan fingerprint density at radius 2 is 2.32 bits per heavy atom. The van der Waals surface area contributed by atoms with Crippen LogP contribution in [0.3, 0.4) is 0 Å². The average Bonchev–Trinajstić information content (AvgIpc) is 3.28. The lowest BCUT2D eigenvalue weighted by molar-refractivity contribution is -0.131. The van der Waals surface area contributed by atoms with E-state index < -0.39 is 5.66 Å². The fraction of sp³-hybridized carbons (Fsp3) is 0.526. The van der Waals surface area contributed by atoms with Crippen molar-refractivity contribution < 1.29 is 9.53 Å². The fourth-order valence-corrected chi connectivity index (χ4v) is 4.51. The number of rotatable bonds is 3. The van der Waals surface area contributed by atoms with Crippen LogP contribution < -0.4 is 15.8 Å². The number of ketones is 1. The van der Waals surface area contributed by atoms with Gasteiger partial charge in [-0.25, -0.2) is 10.0 Å².